The van der Waals surface area contributed by atoms with Crippen molar-refractivity contribution in [3.8, 4) is 5.75 Å². The summed E-state index contributed by atoms with van der Waals surface area (Å²) in [5.41, 5.74) is 1.22. The Morgan fingerprint density at radius 3 is 2.65 bits per heavy atom. The van der Waals surface area contributed by atoms with E-state index in [2.05, 4.69) is 10.5 Å². The summed E-state index contributed by atoms with van der Waals surface area (Å²) in [4.78, 5) is 24.2. The van der Waals surface area contributed by atoms with Crippen molar-refractivity contribution >= 4 is 17.6 Å². The van der Waals surface area contributed by atoms with Gasteiger partial charge in [0, 0.05) is 11.8 Å². The third-order valence-electron chi connectivity index (χ3n) is 3.23. The van der Waals surface area contributed by atoms with Crippen LogP contribution >= 0.6 is 0 Å². The SMILES string of the molecule is COc1cccc(NC(=O)[C@@H](C)OC(=O)c2c(C)noc2C)c1. The first kappa shape index (κ1) is 16.5. The Hall–Kier alpha value is -2.83. The van der Waals surface area contributed by atoms with Crippen molar-refractivity contribution in [3.63, 3.8) is 0 Å². The fraction of sp³-hybridized carbons (Fsp3) is 0.312. The van der Waals surface area contributed by atoms with Crippen LogP contribution in [-0.2, 0) is 9.53 Å². The Morgan fingerprint density at radius 1 is 1.30 bits per heavy atom. The molecule has 0 spiro atoms. The van der Waals surface area contributed by atoms with Crippen LogP contribution in [0.4, 0.5) is 5.69 Å². The Labute approximate surface area is 133 Å². The van der Waals surface area contributed by atoms with E-state index < -0.39 is 18.0 Å². The number of ether oxygens (including phenoxy) is 2. The lowest BCUT2D eigenvalue weighted by Crippen LogP contribution is -2.30. The van der Waals surface area contributed by atoms with Gasteiger partial charge in [0.15, 0.2) is 6.10 Å². The second-order valence-electron chi connectivity index (χ2n) is 4.97. The van der Waals surface area contributed by atoms with Gasteiger partial charge in [0.05, 0.1) is 12.8 Å². The molecule has 1 N–H and O–H groups in total. The normalized spacial score (nSPS) is 11.7. The summed E-state index contributed by atoms with van der Waals surface area (Å²) >= 11 is 0. The standard InChI is InChI=1S/C16H18N2O5/c1-9-14(10(2)23-18-9)16(20)22-11(3)15(19)17-12-6-5-7-13(8-12)21-4/h5-8,11H,1-4H3,(H,17,19)/t11-/m1/s1. The van der Waals surface area contributed by atoms with E-state index in [1.165, 1.54) is 14.0 Å². The molecule has 0 saturated heterocycles. The van der Waals surface area contributed by atoms with Gasteiger partial charge in [-0.25, -0.2) is 4.79 Å². The molecule has 0 unspecified atom stereocenters. The summed E-state index contributed by atoms with van der Waals surface area (Å²) in [7, 11) is 1.54. The average molecular weight is 318 g/mol. The van der Waals surface area contributed by atoms with E-state index in [0.717, 1.165) is 0 Å². The molecule has 0 fully saturated rings. The van der Waals surface area contributed by atoms with Crippen molar-refractivity contribution in [3.05, 3.63) is 41.3 Å². The van der Waals surface area contributed by atoms with Crippen LogP contribution in [0.3, 0.4) is 0 Å². The van der Waals surface area contributed by atoms with E-state index in [0.29, 0.717) is 22.9 Å². The molecule has 0 saturated carbocycles. The van der Waals surface area contributed by atoms with E-state index >= 15 is 0 Å². The maximum Gasteiger partial charge on any atom is 0.344 e. The van der Waals surface area contributed by atoms with Gasteiger partial charge in [-0.15, -0.1) is 0 Å². The second kappa shape index (κ2) is 6.95. The molecule has 0 aliphatic carbocycles. The molecule has 0 radical (unpaired) electrons. The molecule has 7 heteroatoms. The van der Waals surface area contributed by atoms with Gasteiger partial charge in [0.2, 0.25) is 0 Å². The number of hydrogen-bond donors (Lipinski definition) is 1. The number of benzene rings is 1. The van der Waals surface area contributed by atoms with E-state index in [1.807, 2.05) is 0 Å². The third kappa shape index (κ3) is 3.88. The molecule has 1 atom stereocenters. The lowest BCUT2D eigenvalue weighted by Gasteiger charge is -2.13. The van der Waals surface area contributed by atoms with E-state index in [-0.39, 0.29) is 5.56 Å². The summed E-state index contributed by atoms with van der Waals surface area (Å²) < 4.78 is 15.2. The smallest absolute Gasteiger partial charge is 0.344 e. The maximum atomic E-state index is 12.1. The minimum Gasteiger partial charge on any atom is -0.497 e. The van der Waals surface area contributed by atoms with Gasteiger partial charge in [0.25, 0.3) is 5.91 Å². The fourth-order valence-corrected chi connectivity index (χ4v) is 1.99. The molecular weight excluding hydrogens is 300 g/mol. The highest BCUT2D eigenvalue weighted by atomic mass is 16.5. The first-order valence-electron chi connectivity index (χ1n) is 7.01. The van der Waals surface area contributed by atoms with Crippen molar-refractivity contribution in [2.45, 2.75) is 26.9 Å². The van der Waals surface area contributed by atoms with Crippen molar-refractivity contribution in [2.24, 2.45) is 0 Å². The van der Waals surface area contributed by atoms with Gasteiger partial charge in [-0.05, 0) is 32.9 Å². The summed E-state index contributed by atoms with van der Waals surface area (Å²) in [6, 6.07) is 6.88. The quantitative estimate of drug-likeness (QED) is 0.852. The van der Waals surface area contributed by atoms with Crippen LogP contribution in [0.5, 0.6) is 5.75 Å². The maximum absolute atomic E-state index is 12.1. The second-order valence-corrected chi connectivity index (χ2v) is 4.97. The van der Waals surface area contributed by atoms with Gasteiger partial charge < -0.3 is 19.3 Å². The zero-order chi connectivity index (χ0) is 17.0. The molecular formula is C16H18N2O5. The molecule has 1 aromatic heterocycles. The molecule has 2 aromatic rings. The molecule has 1 amide bonds. The molecule has 1 heterocycles. The van der Waals surface area contributed by atoms with Crippen LogP contribution in [-0.4, -0.2) is 30.2 Å². The first-order valence-corrected chi connectivity index (χ1v) is 7.01. The Morgan fingerprint density at radius 2 is 2.04 bits per heavy atom. The topological polar surface area (TPSA) is 90.7 Å². The van der Waals surface area contributed by atoms with Crippen LogP contribution in [0, 0.1) is 13.8 Å². The fourth-order valence-electron chi connectivity index (χ4n) is 1.99. The third-order valence-corrected chi connectivity index (χ3v) is 3.23. The summed E-state index contributed by atoms with van der Waals surface area (Å²) in [5, 5.41) is 6.35. The number of rotatable bonds is 5. The van der Waals surface area contributed by atoms with Crippen LogP contribution < -0.4 is 10.1 Å². The van der Waals surface area contributed by atoms with Crippen molar-refractivity contribution in [1.82, 2.24) is 5.16 Å². The molecule has 0 aliphatic rings. The number of methoxy groups -OCH3 is 1. The van der Waals surface area contributed by atoms with E-state index in [1.54, 1.807) is 38.1 Å². The summed E-state index contributed by atoms with van der Waals surface area (Å²) in [6.07, 6.45) is -0.970. The van der Waals surface area contributed by atoms with Gasteiger partial charge in [-0.2, -0.15) is 0 Å². The Bertz CT molecular complexity index is 704. The monoisotopic (exact) mass is 318 g/mol. The van der Waals surface area contributed by atoms with Gasteiger partial charge in [-0.3, -0.25) is 4.79 Å². The number of nitrogens with one attached hydrogen (secondary N) is 1. The average Bonchev–Trinajstić information content (AvgIpc) is 2.86. The Kier molecular flexibility index (Phi) is 5.00. The molecule has 2 rings (SSSR count). The molecule has 7 nitrogen and oxygen atoms in total. The number of amides is 1. The van der Waals surface area contributed by atoms with Gasteiger partial charge in [-0.1, -0.05) is 11.2 Å². The van der Waals surface area contributed by atoms with Crippen LogP contribution in [0.25, 0.3) is 0 Å². The highest BCUT2D eigenvalue weighted by Gasteiger charge is 2.24. The van der Waals surface area contributed by atoms with Crippen LogP contribution in [0.15, 0.2) is 28.8 Å². The van der Waals surface area contributed by atoms with Crippen molar-refractivity contribution < 1.29 is 23.6 Å². The number of esters is 1. The molecule has 23 heavy (non-hydrogen) atoms. The molecule has 0 aliphatic heterocycles. The van der Waals surface area contributed by atoms with Crippen LogP contribution in [0.2, 0.25) is 0 Å². The zero-order valence-electron chi connectivity index (χ0n) is 13.4. The largest absolute Gasteiger partial charge is 0.497 e. The number of anilines is 1. The van der Waals surface area contributed by atoms with E-state index in [9.17, 15) is 9.59 Å². The predicted molar refractivity (Wildman–Crippen MR) is 82.5 cm³/mol. The lowest BCUT2D eigenvalue weighted by atomic mass is 10.2. The number of nitrogens with zero attached hydrogens (tertiary/aromatic N) is 1. The lowest BCUT2D eigenvalue weighted by molar-refractivity contribution is -0.123. The predicted octanol–water partition coefficient (Wildman–Crippen LogP) is 2.48. The number of carbonyl (C=O) groups excluding carboxylic acids is 2. The number of aromatic nitrogens is 1. The van der Waals surface area contributed by atoms with Crippen molar-refractivity contribution in [1.29, 1.82) is 0 Å². The van der Waals surface area contributed by atoms with Crippen LogP contribution in [0.1, 0.15) is 28.7 Å². The van der Waals surface area contributed by atoms with Gasteiger partial charge >= 0.3 is 5.97 Å². The number of aryl methyl sites for hydroxylation is 2. The van der Waals surface area contributed by atoms with Gasteiger partial charge in [0.1, 0.15) is 17.1 Å². The minimum absolute atomic E-state index is 0.242. The number of hydrogen-bond acceptors (Lipinski definition) is 6. The highest BCUT2D eigenvalue weighted by molar-refractivity contribution is 5.98. The summed E-state index contributed by atoms with van der Waals surface area (Å²) in [6.45, 7) is 4.73. The molecule has 1 aromatic carbocycles. The first-order chi connectivity index (χ1) is 10.9. The summed E-state index contributed by atoms with van der Waals surface area (Å²) in [5.74, 6) is -0.121. The number of carbonyl (C=O) groups is 2. The zero-order valence-corrected chi connectivity index (χ0v) is 13.4. The molecule has 0 bridgehead atoms. The molecule has 122 valence electrons. The van der Waals surface area contributed by atoms with E-state index in [4.69, 9.17) is 14.0 Å². The minimum atomic E-state index is -0.970. The highest BCUT2D eigenvalue weighted by Crippen LogP contribution is 2.18. The van der Waals surface area contributed by atoms with Crippen molar-refractivity contribution in [2.75, 3.05) is 12.4 Å². The Balaban J connectivity index is 2.01.